The molecule has 1 unspecified atom stereocenters. The molecule has 0 aliphatic carbocycles. The Morgan fingerprint density at radius 1 is 1.15 bits per heavy atom. The van der Waals surface area contributed by atoms with Crippen molar-refractivity contribution < 1.29 is 23.1 Å². The summed E-state index contributed by atoms with van der Waals surface area (Å²) < 4.78 is 28.8. The van der Waals surface area contributed by atoms with E-state index < -0.39 is 12.7 Å². The second kappa shape index (κ2) is 9.32. The number of rotatable bonds is 7. The van der Waals surface area contributed by atoms with E-state index in [4.69, 9.17) is 11.6 Å². The summed E-state index contributed by atoms with van der Waals surface area (Å²) in [7, 11) is 0. The lowest BCUT2D eigenvalue weighted by Gasteiger charge is -2.18. The summed E-state index contributed by atoms with van der Waals surface area (Å²) in [4.78, 5) is 23.8. The number of aryl methyl sites for hydroxylation is 1. The van der Waals surface area contributed by atoms with E-state index in [1.165, 1.54) is 25.1 Å². The first kappa shape index (κ1) is 20.6. The molecule has 0 aromatic heterocycles. The van der Waals surface area contributed by atoms with Gasteiger partial charge in [0.1, 0.15) is 5.75 Å². The van der Waals surface area contributed by atoms with Gasteiger partial charge in [-0.3, -0.25) is 9.59 Å². The molecular formula is C19H19ClF2N2O3. The highest BCUT2D eigenvalue weighted by atomic mass is 35.5. The first-order valence-corrected chi connectivity index (χ1v) is 8.50. The van der Waals surface area contributed by atoms with Gasteiger partial charge in [-0.05, 0) is 30.7 Å². The fraction of sp³-hybridized carbons (Fsp3) is 0.263. The van der Waals surface area contributed by atoms with E-state index in [1.54, 1.807) is 0 Å². The van der Waals surface area contributed by atoms with Gasteiger partial charge in [-0.15, -0.1) is 0 Å². The van der Waals surface area contributed by atoms with E-state index in [9.17, 15) is 18.4 Å². The minimum Gasteiger partial charge on any atom is -0.433 e. The molecule has 1 atom stereocenters. The Morgan fingerprint density at radius 3 is 2.37 bits per heavy atom. The number of carbonyl (C=O) groups is 2. The predicted octanol–water partition coefficient (Wildman–Crippen LogP) is 4.46. The molecule has 2 aromatic rings. The van der Waals surface area contributed by atoms with E-state index >= 15 is 0 Å². The number of carbonyl (C=O) groups excluding carboxylic acids is 2. The van der Waals surface area contributed by atoms with Crippen LogP contribution in [0.15, 0.2) is 42.5 Å². The molecule has 0 aliphatic heterocycles. The molecular weight excluding hydrogens is 378 g/mol. The predicted molar refractivity (Wildman–Crippen MR) is 99.1 cm³/mol. The van der Waals surface area contributed by atoms with Crippen LogP contribution in [0, 0.1) is 6.92 Å². The third kappa shape index (κ3) is 6.53. The van der Waals surface area contributed by atoms with Gasteiger partial charge in [0.25, 0.3) is 0 Å². The molecule has 0 heterocycles. The number of alkyl halides is 2. The van der Waals surface area contributed by atoms with Crippen molar-refractivity contribution in [1.29, 1.82) is 0 Å². The van der Waals surface area contributed by atoms with Crippen LogP contribution in [-0.2, 0) is 9.59 Å². The highest BCUT2D eigenvalue weighted by molar-refractivity contribution is 6.32. The molecule has 27 heavy (non-hydrogen) atoms. The topological polar surface area (TPSA) is 67.4 Å². The number of ether oxygens (including phenoxy) is 1. The zero-order chi connectivity index (χ0) is 20.0. The van der Waals surface area contributed by atoms with Gasteiger partial charge in [-0.1, -0.05) is 41.4 Å². The van der Waals surface area contributed by atoms with Crippen molar-refractivity contribution in [3.63, 3.8) is 0 Å². The minimum absolute atomic E-state index is 0.00442. The highest BCUT2D eigenvalue weighted by Gasteiger charge is 2.18. The number of nitrogens with one attached hydrogen (secondary N) is 2. The van der Waals surface area contributed by atoms with Crippen molar-refractivity contribution in [2.45, 2.75) is 32.9 Å². The third-order valence-corrected chi connectivity index (χ3v) is 3.97. The van der Waals surface area contributed by atoms with Crippen molar-refractivity contribution >= 4 is 29.1 Å². The molecule has 2 N–H and O–H groups in total. The molecule has 2 aromatic carbocycles. The molecule has 0 radical (unpaired) electrons. The first-order valence-electron chi connectivity index (χ1n) is 8.12. The molecule has 0 spiro atoms. The van der Waals surface area contributed by atoms with Crippen LogP contribution in [0.4, 0.5) is 14.5 Å². The summed E-state index contributed by atoms with van der Waals surface area (Å²) in [6, 6.07) is 10.9. The molecule has 144 valence electrons. The fourth-order valence-electron chi connectivity index (χ4n) is 2.46. The minimum atomic E-state index is -2.99. The van der Waals surface area contributed by atoms with Crippen molar-refractivity contribution in [3.05, 3.63) is 58.6 Å². The van der Waals surface area contributed by atoms with Crippen LogP contribution >= 0.6 is 11.6 Å². The monoisotopic (exact) mass is 396 g/mol. The molecule has 0 saturated heterocycles. The number of halogens is 3. The average molecular weight is 397 g/mol. The Hall–Kier alpha value is -2.67. The third-order valence-electron chi connectivity index (χ3n) is 3.68. The zero-order valence-electron chi connectivity index (χ0n) is 14.8. The summed E-state index contributed by atoms with van der Waals surface area (Å²) in [6.45, 7) is 0.325. The Balaban J connectivity index is 2.08. The number of amides is 2. The highest BCUT2D eigenvalue weighted by Crippen LogP contribution is 2.29. The molecule has 0 saturated carbocycles. The van der Waals surface area contributed by atoms with E-state index in [0.717, 1.165) is 11.1 Å². The maximum absolute atomic E-state index is 12.4. The van der Waals surface area contributed by atoms with Crippen LogP contribution < -0.4 is 15.4 Å². The normalized spacial score (nSPS) is 11.8. The van der Waals surface area contributed by atoms with Gasteiger partial charge in [-0.25, -0.2) is 0 Å². The number of anilines is 1. The van der Waals surface area contributed by atoms with Gasteiger partial charge in [0.2, 0.25) is 11.8 Å². The maximum Gasteiger partial charge on any atom is 0.387 e. The van der Waals surface area contributed by atoms with Crippen molar-refractivity contribution in [2.24, 2.45) is 0 Å². The standard InChI is InChI=1S/C19H19ClF2N2O3/c1-11-3-5-13(6-4-11)16(23-12(2)25)10-18(26)24-14-7-8-17(15(20)9-14)27-19(21)22/h3-9,16,19H,10H2,1-2H3,(H,23,25)(H,24,26). The molecule has 0 bridgehead atoms. The number of benzene rings is 2. The van der Waals surface area contributed by atoms with Crippen molar-refractivity contribution in [3.8, 4) is 5.75 Å². The van der Waals surface area contributed by atoms with Crippen LogP contribution in [0.1, 0.15) is 30.5 Å². The second-order valence-corrected chi connectivity index (χ2v) is 6.35. The number of hydrogen-bond donors (Lipinski definition) is 2. The van der Waals surface area contributed by atoms with Gasteiger partial charge < -0.3 is 15.4 Å². The largest absolute Gasteiger partial charge is 0.433 e. The van der Waals surface area contributed by atoms with Gasteiger partial charge >= 0.3 is 6.61 Å². The molecule has 2 amide bonds. The molecule has 0 fully saturated rings. The van der Waals surface area contributed by atoms with Crippen LogP contribution in [0.5, 0.6) is 5.75 Å². The van der Waals surface area contributed by atoms with E-state index in [2.05, 4.69) is 15.4 Å². The molecule has 8 heteroatoms. The summed E-state index contributed by atoms with van der Waals surface area (Å²) in [5.74, 6) is -0.807. The van der Waals surface area contributed by atoms with Crippen LogP contribution in [0.3, 0.4) is 0 Å². The fourth-order valence-corrected chi connectivity index (χ4v) is 2.69. The van der Waals surface area contributed by atoms with Crippen molar-refractivity contribution in [2.75, 3.05) is 5.32 Å². The summed E-state index contributed by atoms with van der Waals surface area (Å²) in [5, 5.41) is 5.32. The lowest BCUT2D eigenvalue weighted by atomic mass is 10.0. The zero-order valence-corrected chi connectivity index (χ0v) is 15.5. The second-order valence-electron chi connectivity index (χ2n) is 5.94. The molecule has 0 aliphatic rings. The number of hydrogen-bond acceptors (Lipinski definition) is 3. The summed E-state index contributed by atoms with van der Waals surface area (Å²) >= 11 is 5.88. The van der Waals surface area contributed by atoms with Crippen LogP contribution in [0.25, 0.3) is 0 Å². The Labute approximate surface area is 160 Å². The average Bonchev–Trinajstić information content (AvgIpc) is 2.56. The smallest absolute Gasteiger partial charge is 0.387 e. The molecule has 2 rings (SSSR count). The lowest BCUT2D eigenvalue weighted by molar-refractivity contribution is -0.120. The Bertz CT molecular complexity index is 813. The summed E-state index contributed by atoms with van der Waals surface area (Å²) in [6.07, 6.45) is -0.00442. The lowest BCUT2D eigenvalue weighted by Crippen LogP contribution is -2.29. The van der Waals surface area contributed by atoms with Gasteiger partial charge in [0.05, 0.1) is 17.5 Å². The van der Waals surface area contributed by atoms with Crippen molar-refractivity contribution in [1.82, 2.24) is 5.32 Å². The quantitative estimate of drug-likeness (QED) is 0.726. The van der Waals surface area contributed by atoms with Gasteiger partial charge in [0.15, 0.2) is 0 Å². The van der Waals surface area contributed by atoms with E-state index in [1.807, 2.05) is 31.2 Å². The maximum atomic E-state index is 12.4. The Morgan fingerprint density at radius 2 is 1.81 bits per heavy atom. The first-order chi connectivity index (χ1) is 12.7. The Kier molecular flexibility index (Phi) is 7.12. The van der Waals surface area contributed by atoms with E-state index in [0.29, 0.717) is 5.69 Å². The molecule has 5 nitrogen and oxygen atoms in total. The van der Waals surface area contributed by atoms with Gasteiger partial charge in [-0.2, -0.15) is 8.78 Å². The van der Waals surface area contributed by atoms with E-state index in [-0.39, 0.29) is 29.0 Å². The summed E-state index contributed by atoms with van der Waals surface area (Å²) in [5.41, 5.74) is 2.19. The van der Waals surface area contributed by atoms with Crippen LogP contribution in [-0.4, -0.2) is 18.4 Å². The van der Waals surface area contributed by atoms with Crippen LogP contribution in [0.2, 0.25) is 5.02 Å². The van der Waals surface area contributed by atoms with Gasteiger partial charge in [0, 0.05) is 12.6 Å². The SMILES string of the molecule is CC(=O)NC(CC(=O)Nc1ccc(OC(F)F)c(Cl)c1)c1ccc(C)cc1.